The molecule has 3 heteroatoms. The van der Waals surface area contributed by atoms with E-state index in [1.54, 1.807) is 0 Å². The summed E-state index contributed by atoms with van der Waals surface area (Å²) in [5.41, 5.74) is 8.90. The van der Waals surface area contributed by atoms with Crippen molar-refractivity contribution >= 4 is 0 Å². The molecule has 2 N–H and O–H groups in total. The van der Waals surface area contributed by atoms with E-state index in [1.807, 2.05) is 25.1 Å². The van der Waals surface area contributed by atoms with E-state index in [9.17, 15) is 0 Å². The first kappa shape index (κ1) is 10.9. The summed E-state index contributed by atoms with van der Waals surface area (Å²) in [5.74, 6) is 0.802. The Balaban J connectivity index is 2.21. The minimum absolute atomic E-state index is 0.107. The van der Waals surface area contributed by atoms with Crippen LogP contribution in [0, 0.1) is 6.92 Å². The summed E-state index contributed by atoms with van der Waals surface area (Å²) in [6.07, 6.45) is 0.745. The summed E-state index contributed by atoms with van der Waals surface area (Å²) >= 11 is 0. The molecule has 0 amide bonds. The number of nitrogens with zero attached hydrogens (tertiary/aromatic N) is 1. The summed E-state index contributed by atoms with van der Waals surface area (Å²) in [7, 11) is 0. The zero-order valence-corrected chi connectivity index (χ0v) is 9.60. The van der Waals surface area contributed by atoms with E-state index in [0.717, 1.165) is 23.4 Å². The Morgan fingerprint density at radius 2 is 2.00 bits per heavy atom. The fraction of sp³-hybridized carbons (Fsp3) is 0.308. The van der Waals surface area contributed by atoms with E-state index in [0.29, 0.717) is 0 Å². The summed E-state index contributed by atoms with van der Waals surface area (Å²) in [6, 6.07) is 10.2. The molecule has 1 unspecified atom stereocenters. The van der Waals surface area contributed by atoms with Crippen molar-refractivity contribution in [2.45, 2.75) is 26.3 Å². The van der Waals surface area contributed by atoms with Crippen LogP contribution in [0.3, 0.4) is 0 Å². The highest BCUT2D eigenvalue weighted by molar-refractivity contribution is 5.57. The number of rotatable bonds is 3. The molecular weight excluding hydrogens is 200 g/mol. The second kappa shape index (κ2) is 4.49. The van der Waals surface area contributed by atoms with Gasteiger partial charge in [-0.05, 0) is 13.8 Å². The summed E-state index contributed by atoms with van der Waals surface area (Å²) in [4.78, 5) is 0. The lowest BCUT2D eigenvalue weighted by Crippen LogP contribution is -2.17. The van der Waals surface area contributed by atoms with Crippen LogP contribution < -0.4 is 5.73 Å². The molecule has 1 aromatic carbocycles. The molecule has 2 rings (SSSR count). The number of aryl methyl sites for hydroxylation is 1. The van der Waals surface area contributed by atoms with Crippen LogP contribution >= 0.6 is 0 Å². The molecule has 0 fully saturated rings. The number of hydrogen-bond donors (Lipinski definition) is 1. The monoisotopic (exact) mass is 216 g/mol. The minimum atomic E-state index is 0.107. The Hall–Kier alpha value is -1.61. The van der Waals surface area contributed by atoms with Crippen LogP contribution in [0.15, 0.2) is 34.9 Å². The van der Waals surface area contributed by atoms with E-state index < -0.39 is 0 Å². The van der Waals surface area contributed by atoms with E-state index in [2.05, 4.69) is 24.2 Å². The third kappa shape index (κ3) is 2.49. The van der Waals surface area contributed by atoms with Crippen LogP contribution in [-0.4, -0.2) is 11.2 Å². The summed E-state index contributed by atoms with van der Waals surface area (Å²) in [6.45, 7) is 4.02. The van der Waals surface area contributed by atoms with Gasteiger partial charge in [-0.3, -0.25) is 0 Å². The lowest BCUT2D eigenvalue weighted by Gasteiger charge is -1.98. The van der Waals surface area contributed by atoms with Gasteiger partial charge < -0.3 is 10.3 Å². The van der Waals surface area contributed by atoms with Crippen LogP contribution in [0.1, 0.15) is 18.2 Å². The SMILES string of the molecule is Cc1ccc(-c2cc(CC(C)N)no2)cc1. The highest BCUT2D eigenvalue weighted by Gasteiger charge is 2.07. The van der Waals surface area contributed by atoms with Gasteiger partial charge in [0.05, 0.1) is 5.69 Å². The number of benzene rings is 1. The normalized spacial score (nSPS) is 12.7. The van der Waals surface area contributed by atoms with Gasteiger partial charge in [0.2, 0.25) is 0 Å². The van der Waals surface area contributed by atoms with Crippen LogP contribution in [0.2, 0.25) is 0 Å². The predicted molar refractivity (Wildman–Crippen MR) is 64.0 cm³/mol. The van der Waals surface area contributed by atoms with Crippen molar-refractivity contribution < 1.29 is 4.52 Å². The minimum Gasteiger partial charge on any atom is -0.356 e. The molecule has 0 aliphatic rings. The standard InChI is InChI=1S/C13H16N2O/c1-9-3-5-11(6-4-9)13-8-12(15-16-13)7-10(2)14/h3-6,8,10H,7,14H2,1-2H3. The summed E-state index contributed by atoms with van der Waals surface area (Å²) < 4.78 is 5.29. The largest absolute Gasteiger partial charge is 0.356 e. The van der Waals surface area contributed by atoms with Gasteiger partial charge in [0.1, 0.15) is 0 Å². The van der Waals surface area contributed by atoms with Crippen molar-refractivity contribution in [1.82, 2.24) is 5.16 Å². The van der Waals surface area contributed by atoms with Gasteiger partial charge in [-0.15, -0.1) is 0 Å². The van der Waals surface area contributed by atoms with Gasteiger partial charge >= 0.3 is 0 Å². The van der Waals surface area contributed by atoms with Crippen molar-refractivity contribution in [2.75, 3.05) is 0 Å². The number of hydrogen-bond acceptors (Lipinski definition) is 3. The van der Waals surface area contributed by atoms with Gasteiger partial charge in [-0.1, -0.05) is 35.0 Å². The van der Waals surface area contributed by atoms with Crippen molar-refractivity contribution in [3.05, 3.63) is 41.6 Å². The quantitative estimate of drug-likeness (QED) is 0.857. The fourth-order valence-corrected chi connectivity index (χ4v) is 1.59. The molecule has 3 nitrogen and oxygen atoms in total. The van der Waals surface area contributed by atoms with Crippen LogP contribution in [0.25, 0.3) is 11.3 Å². The molecule has 2 aromatic rings. The van der Waals surface area contributed by atoms with Crippen molar-refractivity contribution in [3.63, 3.8) is 0 Å². The molecular formula is C13H16N2O. The van der Waals surface area contributed by atoms with Crippen molar-refractivity contribution in [3.8, 4) is 11.3 Å². The maximum Gasteiger partial charge on any atom is 0.167 e. The smallest absolute Gasteiger partial charge is 0.167 e. The topological polar surface area (TPSA) is 52.0 Å². The lowest BCUT2D eigenvalue weighted by atomic mass is 10.1. The average Bonchev–Trinajstić information content (AvgIpc) is 2.66. The third-order valence-corrected chi connectivity index (χ3v) is 2.43. The second-order valence-electron chi connectivity index (χ2n) is 4.23. The Kier molecular flexibility index (Phi) is 3.06. The predicted octanol–water partition coefficient (Wildman–Crippen LogP) is 2.54. The van der Waals surface area contributed by atoms with E-state index >= 15 is 0 Å². The maximum absolute atomic E-state index is 5.71. The van der Waals surface area contributed by atoms with Gasteiger partial charge in [0.25, 0.3) is 0 Å². The first-order valence-corrected chi connectivity index (χ1v) is 5.43. The Morgan fingerprint density at radius 1 is 1.31 bits per heavy atom. The van der Waals surface area contributed by atoms with Crippen LogP contribution in [0.4, 0.5) is 0 Å². The highest BCUT2D eigenvalue weighted by Crippen LogP contribution is 2.21. The van der Waals surface area contributed by atoms with E-state index in [4.69, 9.17) is 10.3 Å². The van der Waals surface area contributed by atoms with E-state index in [1.165, 1.54) is 5.56 Å². The van der Waals surface area contributed by atoms with Gasteiger partial charge in [0, 0.05) is 24.1 Å². The molecule has 1 atom stereocenters. The third-order valence-electron chi connectivity index (χ3n) is 2.43. The van der Waals surface area contributed by atoms with Gasteiger partial charge in [-0.2, -0.15) is 0 Å². The molecule has 0 aliphatic heterocycles. The zero-order chi connectivity index (χ0) is 11.5. The zero-order valence-electron chi connectivity index (χ0n) is 9.60. The molecule has 0 aliphatic carbocycles. The fourth-order valence-electron chi connectivity index (χ4n) is 1.59. The first-order chi connectivity index (χ1) is 7.65. The van der Waals surface area contributed by atoms with E-state index in [-0.39, 0.29) is 6.04 Å². The number of nitrogens with two attached hydrogens (primary N) is 1. The van der Waals surface area contributed by atoms with Crippen LogP contribution in [-0.2, 0) is 6.42 Å². The molecule has 0 bridgehead atoms. The van der Waals surface area contributed by atoms with Crippen molar-refractivity contribution in [1.29, 1.82) is 0 Å². The van der Waals surface area contributed by atoms with Gasteiger partial charge in [-0.25, -0.2) is 0 Å². The highest BCUT2D eigenvalue weighted by atomic mass is 16.5. The molecule has 0 saturated heterocycles. The average molecular weight is 216 g/mol. The molecule has 0 saturated carbocycles. The van der Waals surface area contributed by atoms with Gasteiger partial charge in [0.15, 0.2) is 5.76 Å². The first-order valence-electron chi connectivity index (χ1n) is 5.43. The Bertz CT molecular complexity index is 457. The number of aromatic nitrogens is 1. The Labute approximate surface area is 95.3 Å². The Morgan fingerprint density at radius 3 is 2.62 bits per heavy atom. The second-order valence-corrected chi connectivity index (χ2v) is 4.23. The van der Waals surface area contributed by atoms with Crippen LogP contribution in [0.5, 0.6) is 0 Å². The molecule has 1 aromatic heterocycles. The summed E-state index contributed by atoms with van der Waals surface area (Å²) in [5, 5.41) is 4.00. The maximum atomic E-state index is 5.71. The molecule has 1 heterocycles. The lowest BCUT2D eigenvalue weighted by molar-refractivity contribution is 0.421. The molecule has 16 heavy (non-hydrogen) atoms. The molecule has 84 valence electrons. The van der Waals surface area contributed by atoms with Crippen molar-refractivity contribution in [2.24, 2.45) is 5.73 Å². The molecule has 0 radical (unpaired) electrons. The molecule has 0 spiro atoms.